The predicted octanol–water partition coefficient (Wildman–Crippen LogP) is 3.08. The molecule has 0 atom stereocenters. The minimum atomic E-state index is -0.458. The second kappa shape index (κ2) is 7.12. The van der Waals surface area contributed by atoms with Crippen molar-refractivity contribution in [3.8, 4) is 5.75 Å². The summed E-state index contributed by atoms with van der Waals surface area (Å²) in [5.74, 6) is 0.236. The zero-order valence-corrected chi connectivity index (χ0v) is 13.7. The van der Waals surface area contributed by atoms with Crippen LogP contribution in [0, 0.1) is 17.0 Å². The maximum atomic E-state index is 12.4. The molecule has 0 saturated carbocycles. The number of aromatic nitrogens is 2. The van der Waals surface area contributed by atoms with Crippen LogP contribution in [0.1, 0.15) is 12.0 Å². The first-order valence-electron chi connectivity index (χ1n) is 7.88. The van der Waals surface area contributed by atoms with Crippen molar-refractivity contribution in [3.05, 3.63) is 74.8 Å². The minimum absolute atomic E-state index is 0.0514. The van der Waals surface area contributed by atoms with Gasteiger partial charge in [-0.1, -0.05) is 18.2 Å². The molecule has 25 heavy (non-hydrogen) atoms. The smallest absolute Gasteiger partial charge is 0.311 e. The van der Waals surface area contributed by atoms with Crippen LogP contribution in [0.2, 0.25) is 0 Å². The summed E-state index contributed by atoms with van der Waals surface area (Å²) >= 11 is 0. The minimum Gasteiger partial charge on any atom is -0.487 e. The molecule has 2 aromatic carbocycles. The van der Waals surface area contributed by atoms with Gasteiger partial charge in [-0.05, 0) is 37.1 Å². The van der Waals surface area contributed by atoms with Crippen molar-refractivity contribution in [3.63, 3.8) is 0 Å². The molecule has 0 aliphatic heterocycles. The largest absolute Gasteiger partial charge is 0.487 e. The Balaban J connectivity index is 1.66. The van der Waals surface area contributed by atoms with Crippen LogP contribution in [0.15, 0.2) is 53.6 Å². The number of benzene rings is 2. The number of para-hydroxylation sites is 1. The van der Waals surface area contributed by atoms with E-state index in [0.717, 1.165) is 5.56 Å². The number of rotatable bonds is 6. The van der Waals surface area contributed by atoms with Gasteiger partial charge in [0.15, 0.2) is 5.75 Å². The molecule has 0 aliphatic carbocycles. The van der Waals surface area contributed by atoms with Crippen LogP contribution >= 0.6 is 0 Å². The molecule has 7 nitrogen and oxygen atoms in total. The third kappa shape index (κ3) is 3.65. The molecule has 3 aromatic rings. The summed E-state index contributed by atoms with van der Waals surface area (Å²) in [6, 6.07) is 12.0. The van der Waals surface area contributed by atoms with Gasteiger partial charge in [0.1, 0.15) is 0 Å². The Bertz CT molecular complexity index is 981. The Morgan fingerprint density at radius 2 is 2.04 bits per heavy atom. The van der Waals surface area contributed by atoms with Crippen LogP contribution in [0.4, 0.5) is 5.69 Å². The SMILES string of the molecule is Cc1ccc(OCCCn2cnc3ccccc3c2=O)c([N+](=O)[O-])c1. The highest BCUT2D eigenvalue weighted by atomic mass is 16.6. The first kappa shape index (κ1) is 16.6. The van der Waals surface area contributed by atoms with Crippen LogP contribution in [0.25, 0.3) is 10.9 Å². The Hall–Kier alpha value is -3.22. The van der Waals surface area contributed by atoms with Gasteiger partial charge in [-0.3, -0.25) is 19.5 Å². The molecule has 1 aromatic heterocycles. The van der Waals surface area contributed by atoms with Crippen molar-refractivity contribution >= 4 is 16.6 Å². The average molecular weight is 339 g/mol. The van der Waals surface area contributed by atoms with Crippen molar-refractivity contribution in [1.82, 2.24) is 9.55 Å². The predicted molar refractivity (Wildman–Crippen MR) is 93.9 cm³/mol. The normalized spacial score (nSPS) is 10.8. The molecule has 0 aliphatic rings. The fraction of sp³-hybridized carbons (Fsp3) is 0.222. The summed E-state index contributed by atoms with van der Waals surface area (Å²) < 4.78 is 7.05. The number of hydrogen-bond donors (Lipinski definition) is 0. The summed E-state index contributed by atoms with van der Waals surface area (Å²) in [6.45, 7) is 2.48. The number of nitro benzene ring substituents is 1. The molecular formula is C18H17N3O4. The monoisotopic (exact) mass is 339 g/mol. The van der Waals surface area contributed by atoms with Gasteiger partial charge in [-0.25, -0.2) is 4.98 Å². The van der Waals surface area contributed by atoms with Gasteiger partial charge in [0.25, 0.3) is 5.56 Å². The first-order valence-corrected chi connectivity index (χ1v) is 7.88. The topological polar surface area (TPSA) is 87.3 Å². The summed E-state index contributed by atoms with van der Waals surface area (Å²) in [5.41, 5.74) is 1.31. The molecule has 0 bridgehead atoms. The number of hydrogen-bond acceptors (Lipinski definition) is 5. The third-order valence-electron chi connectivity index (χ3n) is 3.84. The van der Waals surface area contributed by atoms with Crippen LogP contribution in [-0.4, -0.2) is 21.1 Å². The third-order valence-corrected chi connectivity index (χ3v) is 3.84. The van der Waals surface area contributed by atoms with Gasteiger partial charge in [0.2, 0.25) is 0 Å². The Morgan fingerprint density at radius 3 is 2.84 bits per heavy atom. The quantitative estimate of drug-likeness (QED) is 0.391. The summed E-state index contributed by atoms with van der Waals surface area (Å²) in [6.07, 6.45) is 2.05. The number of ether oxygens (including phenoxy) is 1. The molecule has 0 amide bonds. The molecule has 128 valence electrons. The Kier molecular flexibility index (Phi) is 4.74. The van der Waals surface area contributed by atoms with Crippen molar-refractivity contribution in [2.24, 2.45) is 0 Å². The van der Waals surface area contributed by atoms with Crippen molar-refractivity contribution in [2.45, 2.75) is 19.9 Å². The zero-order chi connectivity index (χ0) is 17.8. The van der Waals surface area contributed by atoms with Crippen molar-refractivity contribution in [2.75, 3.05) is 6.61 Å². The van der Waals surface area contributed by atoms with E-state index in [-0.39, 0.29) is 23.6 Å². The van der Waals surface area contributed by atoms with Gasteiger partial charge in [-0.15, -0.1) is 0 Å². The lowest BCUT2D eigenvalue weighted by atomic mass is 10.2. The zero-order valence-electron chi connectivity index (χ0n) is 13.7. The molecule has 0 fully saturated rings. The van der Waals surface area contributed by atoms with Crippen LogP contribution in [0.5, 0.6) is 5.75 Å². The van der Waals surface area contributed by atoms with E-state index in [1.54, 1.807) is 37.3 Å². The number of fused-ring (bicyclic) bond motifs is 1. The van der Waals surface area contributed by atoms with Gasteiger partial charge in [0, 0.05) is 12.6 Å². The maximum Gasteiger partial charge on any atom is 0.311 e. The van der Waals surface area contributed by atoms with Gasteiger partial charge in [-0.2, -0.15) is 0 Å². The van der Waals surface area contributed by atoms with Crippen LogP contribution in [0.3, 0.4) is 0 Å². The molecule has 0 unspecified atom stereocenters. The highest BCUT2D eigenvalue weighted by Gasteiger charge is 2.14. The molecule has 1 heterocycles. The fourth-order valence-electron chi connectivity index (χ4n) is 2.57. The molecule has 0 saturated heterocycles. The standard InChI is InChI=1S/C18H17N3O4/c1-13-7-8-17(16(11-13)21(23)24)25-10-4-9-20-12-19-15-6-3-2-5-14(15)18(20)22/h2-3,5-8,11-12H,4,9-10H2,1H3. The van der Waals surface area contributed by atoms with E-state index in [1.807, 2.05) is 6.07 Å². The van der Waals surface area contributed by atoms with Gasteiger partial charge < -0.3 is 4.74 Å². The Labute approximate surface area is 143 Å². The molecule has 0 spiro atoms. The first-order chi connectivity index (χ1) is 12.1. The maximum absolute atomic E-state index is 12.4. The van der Waals surface area contributed by atoms with Crippen molar-refractivity contribution in [1.29, 1.82) is 0 Å². The van der Waals surface area contributed by atoms with Gasteiger partial charge in [0.05, 0.1) is 28.8 Å². The van der Waals surface area contributed by atoms with Crippen LogP contribution < -0.4 is 10.3 Å². The van der Waals surface area contributed by atoms with E-state index in [9.17, 15) is 14.9 Å². The summed E-state index contributed by atoms with van der Waals surface area (Å²) in [5, 5.41) is 11.6. The number of nitrogens with zero attached hydrogens (tertiary/aromatic N) is 3. The fourth-order valence-corrected chi connectivity index (χ4v) is 2.57. The second-order valence-corrected chi connectivity index (χ2v) is 5.69. The van der Waals surface area contributed by atoms with Crippen molar-refractivity contribution < 1.29 is 9.66 Å². The molecule has 3 rings (SSSR count). The lowest BCUT2D eigenvalue weighted by Gasteiger charge is -2.09. The number of nitro groups is 1. The molecule has 0 radical (unpaired) electrons. The highest BCUT2D eigenvalue weighted by Crippen LogP contribution is 2.27. The summed E-state index contributed by atoms with van der Waals surface area (Å²) in [7, 11) is 0. The van der Waals surface area contributed by atoms with E-state index in [1.165, 1.54) is 17.0 Å². The van der Waals surface area contributed by atoms with E-state index in [4.69, 9.17) is 4.74 Å². The summed E-state index contributed by atoms with van der Waals surface area (Å²) in [4.78, 5) is 27.2. The van der Waals surface area contributed by atoms with E-state index in [0.29, 0.717) is 23.9 Å². The highest BCUT2D eigenvalue weighted by molar-refractivity contribution is 5.76. The molecule has 7 heteroatoms. The Morgan fingerprint density at radius 1 is 1.24 bits per heavy atom. The van der Waals surface area contributed by atoms with E-state index < -0.39 is 4.92 Å². The molecular weight excluding hydrogens is 322 g/mol. The lowest BCUT2D eigenvalue weighted by molar-refractivity contribution is -0.385. The average Bonchev–Trinajstić information content (AvgIpc) is 2.61. The van der Waals surface area contributed by atoms with E-state index >= 15 is 0 Å². The number of aryl methyl sites for hydroxylation is 2. The van der Waals surface area contributed by atoms with E-state index in [2.05, 4.69) is 4.98 Å². The van der Waals surface area contributed by atoms with Gasteiger partial charge >= 0.3 is 5.69 Å². The molecule has 0 N–H and O–H groups in total. The lowest BCUT2D eigenvalue weighted by Crippen LogP contribution is -2.21. The van der Waals surface area contributed by atoms with Crippen LogP contribution in [-0.2, 0) is 6.54 Å². The second-order valence-electron chi connectivity index (χ2n) is 5.69.